The summed E-state index contributed by atoms with van der Waals surface area (Å²) in [5, 5.41) is 0. The van der Waals surface area contributed by atoms with Crippen molar-refractivity contribution in [1.82, 2.24) is 0 Å². The molecule has 0 saturated heterocycles. The fourth-order valence-electron chi connectivity index (χ4n) is 3.65. The lowest BCUT2D eigenvalue weighted by Gasteiger charge is -2.23. The maximum atomic E-state index is 11.5. The monoisotopic (exact) mass is 176 g/mol. The van der Waals surface area contributed by atoms with Crippen molar-refractivity contribution in [2.45, 2.75) is 25.7 Å². The minimum atomic E-state index is -0.267. The van der Waals surface area contributed by atoms with Gasteiger partial charge in [-0.1, -0.05) is 18.9 Å². The molecule has 3 aliphatic rings. The van der Waals surface area contributed by atoms with Gasteiger partial charge in [-0.2, -0.15) is 0 Å². The zero-order valence-electron chi connectivity index (χ0n) is 7.45. The maximum Gasteiger partial charge on any atom is 0.160 e. The Morgan fingerprint density at radius 3 is 2.85 bits per heavy atom. The van der Waals surface area contributed by atoms with Crippen LogP contribution in [-0.2, 0) is 9.59 Å². The Labute approximate surface area is 77.0 Å². The molecule has 3 aliphatic carbocycles. The van der Waals surface area contributed by atoms with Crippen LogP contribution in [0.5, 0.6) is 0 Å². The Balaban J connectivity index is 2.09. The van der Waals surface area contributed by atoms with Crippen molar-refractivity contribution in [2.75, 3.05) is 0 Å². The van der Waals surface area contributed by atoms with E-state index in [2.05, 4.69) is 0 Å². The molecule has 0 aliphatic heterocycles. The van der Waals surface area contributed by atoms with Gasteiger partial charge in [-0.25, -0.2) is 0 Å². The molecule has 0 radical (unpaired) electrons. The Morgan fingerprint density at radius 2 is 2.15 bits per heavy atom. The number of carbonyl (C=O) groups excluding carboxylic acids is 2. The summed E-state index contributed by atoms with van der Waals surface area (Å²) in [6.07, 6.45) is 8.99. The lowest BCUT2D eigenvalue weighted by atomic mass is 9.80. The Bertz CT molecular complexity index is 319. The Hall–Kier alpha value is -0.920. The van der Waals surface area contributed by atoms with Gasteiger partial charge in [0.1, 0.15) is 6.29 Å². The van der Waals surface area contributed by atoms with E-state index in [1.807, 2.05) is 6.08 Å². The summed E-state index contributed by atoms with van der Waals surface area (Å²) < 4.78 is 0. The highest BCUT2D eigenvalue weighted by atomic mass is 16.1. The van der Waals surface area contributed by atoms with Crippen molar-refractivity contribution >= 4 is 12.1 Å². The first-order valence-corrected chi connectivity index (χ1v) is 4.96. The van der Waals surface area contributed by atoms with E-state index in [4.69, 9.17) is 0 Å². The summed E-state index contributed by atoms with van der Waals surface area (Å²) in [5.74, 6) is 0.217. The number of allylic oxidation sites excluding steroid dienone is 2. The van der Waals surface area contributed by atoms with Gasteiger partial charge in [-0.15, -0.1) is 0 Å². The zero-order valence-corrected chi connectivity index (χ0v) is 7.45. The molecule has 2 nitrogen and oxygen atoms in total. The maximum absolute atomic E-state index is 11.5. The average molecular weight is 176 g/mol. The van der Waals surface area contributed by atoms with E-state index >= 15 is 0 Å². The number of fused-ring (bicyclic) bond motifs is 1. The third kappa shape index (κ3) is 0.569. The molecule has 0 N–H and O–H groups in total. The molecule has 13 heavy (non-hydrogen) atoms. The number of hydrogen-bond donors (Lipinski definition) is 0. The topological polar surface area (TPSA) is 34.1 Å². The molecule has 2 saturated carbocycles. The van der Waals surface area contributed by atoms with E-state index in [1.54, 1.807) is 6.08 Å². The second-order valence-electron chi connectivity index (χ2n) is 4.57. The Kier molecular flexibility index (Phi) is 1.12. The van der Waals surface area contributed by atoms with Crippen LogP contribution in [0.4, 0.5) is 0 Å². The molecule has 1 spiro atoms. The van der Waals surface area contributed by atoms with Gasteiger partial charge in [-0.3, -0.25) is 4.79 Å². The normalized spacial score (nSPS) is 51.4. The predicted octanol–water partition coefficient (Wildman–Crippen LogP) is 1.50. The van der Waals surface area contributed by atoms with Crippen LogP contribution >= 0.6 is 0 Å². The first-order valence-electron chi connectivity index (χ1n) is 4.96. The molecule has 3 atom stereocenters. The summed E-state index contributed by atoms with van der Waals surface area (Å²) in [4.78, 5) is 22.6. The van der Waals surface area contributed by atoms with Crippen molar-refractivity contribution < 1.29 is 9.59 Å². The fraction of sp³-hybridized carbons (Fsp3) is 0.636. The predicted molar refractivity (Wildman–Crippen MR) is 47.0 cm³/mol. The van der Waals surface area contributed by atoms with Crippen LogP contribution in [0.2, 0.25) is 0 Å². The highest BCUT2D eigenvalue weighted by molar-refractivity contribution is 6.04. The van der Waals surface area contributed by atoms with Crippen LogP contribution in [0.25, 0.3) is 0 Å². The number of ketones is 1. The first-order chi connectivity index (χ1) is 6.27. The molecule has 2 heteroatoms. The molecular weight excluding hydrogens is 164 g/mol. The largest absolute Gasteiger partial charge is 0.303 e. The van der Waals surface area contributed by atoms with Crippen LogP contribution in [0, 0.1) is 16.7 Å². The lowest BCUT2D eigenvalue weighted by Crippen LogP contribution is -2.19. The van der Waals surface area contributed by atoms with Crippen LogP contribution in [0.15, 0.2) is 12.2 Å². The van der Waals surface area contributed by atoms with E-state index in [0.29, 0.717) is 0 Å². The van der Waals surface area contributed by atoms with E-state index in [1.165, 1.54) is 6.42 Å². The standard InChI is InChI=1S/C11H12O2/c12-7-11-5-2-1-4-10(11)6-3-8(13)9(10)11/h3,6-7,9H,1-2,4-5H2. The second kappa shape index (κ2) is 1.94. The second-order valence-corrected chi connectivity index (χ2v) is 4.57. The SMILES string of the molecule is O=CC12CCCCC13C=CC(=O)C23. The summed E-state index contributed by atoms with van der Waals surface area (Å²) in [5.41, 5.74) is -0.291. The molecule has 3 rings (SSSR count). The molecule has 2 fully saturated rings. The van der Waals surface area contributed by atoms with Crippen LogP contribution in [0.1, 0.15) is 25.7 Å². The van der Waals surface area contributed by atoms with Gasteiger partial charge >= 0.3 is 0 Å². The van der Waals surface area contributed by atoms with Gasteiger partial charge in [0.05, 0.1) is 0 Å². The summed E-state index contributed by atoms with van der Waals surface area (Å²) in [6, 6.07) is 0. The van der Waals surface area contributed by atoms with Gasteiger partial charge in [0.25, 0.3) is 0 Å². The van der Waals surface area contributed by atoms with E-state index in [9.17, 15) is 9.59 Å². The van der Waals surface area contributed by atoms with E-state index in [-0.39, 0.29) is 22.5 Å². The fourth-order valence-corrected chi connectivity index (χ4v) is 3.65. The molecule has 0 bridgehead atoms. The zero-order chi connectivity index (χ0) is 9.10. The smallest absolute Gasteiger partial charge is 0.160 e. The van der Waals surface area contributed by atoms with Gasteiger partial charge in [0.15, 0.2) is 5.78 Å². The van der Waals surface area contributed by atoms with E-state index in [0.717, 1.165) is 25.5 Å². The molecule has 0 aromatic heterocycles. The number of carbonyl (C=O) groups is 2. The molecule has 3 unspecified atom stereocenters. The van der Waals surface area contributed by atoms with Crippen molar-refractivity contribution in [2.24, 2.45) is 16.7 Å². The van der Waals surface area contributed by atoms with Crippen LogP contribution in [-0.4, -0.2) is 12.1 Å². The van der Waals surface area contributed by atoms with Gasteiger partial charge in [0, 0.05) is 16.7 Å². The van der Waals surface area contributed by atoms with Gasteiger partial charge in [-0.05, 0) is 18.9 Å². The van der Waals surface area contributed by atoms with Crippen molar-refractivity contribution in [3.63, 3.8) is 0 Å². The molecule has 0 aromatic carbocycles. The highest BCUT2D eigenvalue weighted by Gasteiger charge is 2.79. The quantitative estimate of drug-likeness (QED) is 0.567. The number of aldehydes is 1. The third-order valence-corrected chi connectivity index (χ3v) is 4.28. The Morgan fingerprint density at radius 1 is 1.38 bits per heavy atom. The van der Waals surface area contributed by atoms with Crippen LogP contribution < -0.4 is 0 Å². The van der Waals surface area contributed by atoms with Crippen LogP contribution in [0.3, 0.4) is 0 Å². The number of rotatable bonds is 1. The van der Waals surface area contributed by atoms with Gasteiger partial charge < -0.3 is 4.79 Å². The number of hydrogen-bond acceptors (Lipinski definition) is 2. The van der Waals surface area contributed by atoms with Crippen molar-refractivity contribution in [1.29, 1.82) is 0 Å². The van der Waals surface area contributed by atoms with Crippen molar-refractivity contribution in [3.05, 3.63) is 12.2 Å². The van der Waals surface area contributed by atoms with Gasteiger partial charge in [0.2, 0.25) is 0 Å². The summed E-state index contributed by atoms with van der Waals surface area (Å²) >= 11 is 0. The highest BCUT2D eigenvalue weighted by Crippen LogP contribution is 2.77. The molecule has 0 amide bonds. The minimum absolute atomic E-state index is 0.0237. The molecule has 68 valence electrons. The van der Waals surface area contributed by atoms with E-state index < -0.39 is 0 Å². The first kappa shape index (κ1) is 7.48. The third-order valence-electron chi connectivity index (χ3n) is 4.28. The molecular formula is C11H12O2. The minimum Gasteiger partial charge on any atom is -0.303 e. The molecule has 0 aromatic rings. The molecule has 0 heterocycles. The average Bonchev–Trinajstić information content (AvgIpc) is 2.66. The summed E-state index contributed by atoms with van der Waals surface area (Å²) in [7, 11) is 0. The lowest BCUT2D eigenvalue weighted by molar-refractivity contribution is -0.120. The van der Waals surface area contributed by atoms with Crippen molar-refractivity contribution in [3.8, 4) is 0 Å². The summed E-state index contributed by atoms with van der Waals surface area (Å²) in [6.45, 7) is 0.